The second kappa shape index (κ2) is 15.7. The third-order valence-electron chi connectivity index (χ3n) is 11.6. The molecule has 3 N–H and O–H groups in total. The smallest absolute Gasteiger partial charge is 0.342 e. The van der Waals surface area contributed by atoms with E-state index < -0.39 is 54.1 Å². The molecule has 0 aliphatic carbocycles. The molecule has 1 atom stereocenters. The summed E-state index contributed by atoms with van der Waals surface area (Å²) >= 11 is 0. The first-order valence-corrected chi connectivity index (χ1v) is 19.8. The molecule has 8 rings (SSSR count). The highest BCUT2D eigenvalue weighted by molar-refractivity contribution is 6.25. The zero-order chi connectivity index (χ0) is 42.6. The Labute approximate surface area is 343 Å². The number of halogens is 2. The molecule has 1 aromatic heterocycles. The summed E-state index contributed by atoms with van der Waals surface area (Å²) in [5.74, 6) is -6.50. The number of ether oxygens (including phenoxy) is 1. The molecule has 6 amide bonds. The van der Waals surface area contributed by atoms with Gasteiger partial charge in [0.25, 0.3) is 23.6 Å². The molecular formula is C40H45F2N11O7. The van der Waals surface area contributed by atoms with Crippen LogP contribution in [-0.4, -0.2) is 145 Å². The SMILES string of the molecule is COc1cc(C(=O)NN2CC(CN3CCN(c4cccc5c4C(=O)N(C4CCC(=O)NC4=O)C5=O)CC3)C2)ccc1Nc1ncc2c(n1)N(C(C)C)CC(F)(F)C(=O)N2C. The van der Waals surface area contributed by atoms with Gasteiger partial charge >= 0.3 is 5.92 Å². The highest BCUT2D eigenvalue weighted by Gasteiger charge is 2.48. The van der Waals surface area contributed by atoms with Crippen molar-refractivity contribution in [2.45, 2.75) is 44.7 Å². The van der Waals surface area contributed by atoms with Gasteiger partial charge in [0, 0.05) is 76.8 Å². The van der Waals surface area contributed by atoms with Gasteiger partial charge < -0.3 is 24.8 Å². The molecule has 3 aromatic rings. The Morgan fingerprint density at radius 1 is 1.02 bits per heavy atom. The first-order chi connectivity index (χ1) is 28.6. The molecule has 0 radical (unpaired) electrons. The third-order valence-corrected chi connectivity index (χ3v) is 11.6. The number of nitrogens with zero attached hydrogens (tertiary/aromatic N) is 8. The average Bonchev–Trinajstić information content (AvgIpc) is 3.43. The number of piperidine rings is 1. The van der Waals surface area contributed by atoms with Gasteiger partial charge in [0.15, 0.2) is 5.82 Å². The molecule has 0 saturated carbocycles. The number of alkyl halides is 2. The number of amides is 6. The van der Waals surface area contributed by atoms with Gasteiger partial charge in [-0.1, -0.05) is 6.07 Å². The fraction of sp³-hybridized carbons (Fsp3) is 0.450. The summed E-state index contributed by atoms with van der Waals surface area (Å²) in [6.07, 6.45) is 1.47. The quantitative estimate of drug-likeness (QED) is 0.251. The molecule has 5 aliphatic rings. The van der Waals surface area contributed by atoms with Crippen LogP contribution in [-0.2, 0) is 14.4 Å². The number of benzene rings is 2. The van der Waals surface area contributed by atoms with Crippen LogP contribution in [0.2, 0.25) is 0 Å². The minimum atomic E-state index is -3.62. The van der Waals surface area contributed by atoms with E-state index in [1.165, 1.54) is 25.3 Å². The molecule has 5 aliphatic heterocycles. The van der Waals surface area contributed by atoms with Crippen molar-refractivity contribution < 1.29 is 42.3 Å². The number of carbonyl (C=O) groups is 6. The van der Waals surface area contributed by atoms with Crippen molar-refractivity contribution in [3.8, 4) is 5.75 Å². The Bertz CT molecular complexity index is 2280. The number of methoxy groups -OCH3 is 1. The molecular weight excluding hydrogens is 785 g/mol. The van der Waals surface area contributed by atoms with Crippen LogP contribution in [0.3, 0.4) is 0 Å². The standard InChI is InChI=1S/C40H45F2N11O7/c1-22(2)52-21-40(41,42)38(59)48(3)29-17-43-39(46-33(29)52)44-26-9-8-24(16-30(26)60-4)34(55)47-51-19-23(20-51)18-49-12-14-50(15-13-49)27-7-5-6-25-32(27)37(58)53(36(25)57)28-10-11-31(54)45-35(28)56/h5-9,16-17,22-23,28H,10-15,18-21H2,1-4H3,(H,47,55)(H,43,44,46)(H,45,54,56). The van der Waals surface area contributed by atoms with Crippen LogP contribution in [0.5, 0.6) is 5.75 Å². The van der Waals surface area contributed by atoms with Crippen molar-refractivity contribution in [1.29, 1.82) is 0 Å². The number of rotatable bonds is 10. The van der Waals surface area contributed by atoms with E-state index in [4.69, 9.17) is 4.74 Å². The maximum absolute atomic E-state index is 14.7. The lowest BCUT2D eigenvalue weighted by molar-refractivity contribution is -0.140. The minimum absolute atomic E-state index is 0.0561. The monoisotopic (exact) mass is 829 g/mol. The van der Waals surface area contributed by atoms with Crippen LogP contribution in [0.25, 0.3) is 0 Å². The first-order valence-electron chi connectivity index (χ1n) is 19.8. The summed E-state index contributed by atoms with van der Waals surface area (Å²) in [5.41, 5.74) is 5.08. The molecule has 0 spiro atoms. The summed E-state index contributed by atoms with van der Waals surface area (Å²) in [6.45, 7) is 7.46. The molecule has 20 heteroatoms. The van der Waals surface area contributed by atoms with Gasteiger partial charge in [-0.2, -0.15) is 13.8 Å². The predicted molar refractivity (Wildman–Crippen MR) is 213 cm³/mol. The van der Waals surface area contributed by atoms with Crippen molar-refractivity contribution >= 4 is 64.3 Å². The van der Waals surface area contributed by atoms with Crippen molar-refractivity contribution in [3.05, 3.63) is 59.3 Å². The number of piperazine rings is 1. The average molecular weight is 830 g/mol. The summed E-state index contributed by atoms with van der Waals surface area (Å²) in [7, 11) is 2.72. The molecule has 2 aromatic carbocycles. The van der Waals surface area contributed by atoms with E-state index in [1.807, 2.05) is 11.1 Å². The van der Waals surface area contributed by atoms with Gasteiger partial charge in [0.1, 0.15) is 17.5 Å². The number of imide groups is 2. The molecule has 316 valence electrons. The van der Waals surface area contributed by atoms with Crippen LogP contribution < -0.4 is 35.5 Å². The number of nitrogens with one attached hydrogen (secondary N) is 3. The van der Waals surface area contributed by atoms with E-state index in [-0.39, 0.29) is 47.3 Å². The Balaban J connectivity index is 0.834. The minimum Gasteiger partial charge on any atom is -0.495 e. The van der Waals surface area contributed by atoms with Crippen LogP contribution in [0.4, 0.5) is 37.6 Å². The summed E-state index contributed by atoms with van der Waals surface area (Å²) < 4.78 is 35.1. The van der Waals surface area contributed by atoms with E-state index in [1.54, 1.807) is 44.2 Å². The normalized spacial score (nSPS) is 21.1. The highest BCUT2D eigenvalue weighted by atomic mass is 19.3. The molecule has 3 saturated heterocycles. The maximum Gasteiger partial charge on any atom is 0.342 e. The van der Waals surface area contributed by atoms with Gasteiger partial charge in [0.2, 0.25) is 17.8 Å². The lowest BCUT2D eigenvalue weighted by Gasteiger charge is -2.43. The highest BCUT2D eigenvalue weighted by Crippen LogP contribution is 2.38. The van der Waals surface area contributed by atoms with E-state index >= 15 is 0 Å². The largest absolute Gasteiger partial charge is 0.495 e. The van der Waals surface area contributed by atoms with E-state index in [0.29, 0.717) is 54.8 Å². The Hall–Kier alpha value is -6.28. The number of hydrazine groups is 1. The predicted octanol–water partition coefficient (Wildman–Crippen LogP) is 1.86. The van der Waals surface area contributed by atoms with E-state index in [9.17, 15) is 37.5 Å². The van der Waals surface area contributed by atoms with Crippen molar-refractivity contribution in [2.75, 3.05) is 86.5 Å². The van der Waals surface area contributed by atoms with Gasteiger partial charge in [-0.05, 0) is 50.6 Å². The number of anilines is 5. The number of hydrogen-bond donors (Lipinski definition) is 3. The Morgan fingerprint density at radius 2 is 1.77 bits per heavy atom. The number of carbonyl (C=O) groups excluding carboxylic acids is 6. The summed E-state index contributed by atoms with van der Waals surface area (Å²) in [4.78, 5) is 93.3. The molecule has 6 heterocycles. The van der Waals surface area contributed by atoms with E-state index in [0.717, 1.165) is 29.4 Å². The fourth-order valence-electron chi connectivity index (χ4n) is 8.35. The number of fused-ring (bicyclic) bond motifs is 2. The number of aromatic nitrogens is 2. The topological polar surface area (TPSA) is 193 Å². The summed E-state index contributed by atoms with van der Waals surface area (Å²) in [6, 6.07) is 8.57. The fourth-order valence-corrected chi connectivity index (χ4v) is 8.35. The van der Waals surface area contributed by atoms with Crippen LogP contribution in [0.1, 0.15) is 57.8 Å². The van der Waals surface area contributed by atoms with Crippen molar-refractivity contribution in [1.82, 2.24) is 35.5 Å². The molecule has 60 heavy (non-hydrogen) atoms. The van der Waals surface area contributed by atoms with Crippen LogP contribution in [0, 0.1) is 5.92 Å². The molecule has 1 unspecified atom stereocenters. The Morgan fingerprint density at radius 3 is 2.47 bits per heavy atom. The van der Waals surface area contributed by atoms with Crippen molar-refractivity contribution in [3.63, 3.8) is 0 Å². The number of hydrogen-bond acceptors (Lipinski definition) is 14. The van der Waals surface area contributed by atoms with Gasteiger partial charge in [-0.15, -0.1) is 0 Å². The zero-order valence-corrected chi connectivity index (χ0v) is 33.5. The lowest BCUT2D eigenvalue weighted by atomic mass is 10.0. The summed E-state index contributed by atoms with van der Waals surface area (Å²) in [5, 5.41) is 7.13. The first kappa shape index (κ1) is 40.5. The third kappa shape index (κ3) is 7.44. The maximum atomic E-state index is 14.7. The lowest BCUT2D eigenvalue weighted by Crippen LogP contribution is -2.59. The van der Waals surface area contributed by atoms with Gasteiger partial charge in [-0.3, -0.25) is 49.3 Å². The zero-order valence-electron chi connectivity index (χ0n) is 33.5. The van der Waals surface area contributed by atoms with Crippen molar-refractivity contribution in [2.24, 2.45) is 5.92 Å². The van der Waals surface area contributed by atoms with E-state index in [2.05, 4.69) is 35.8 Å². The van der Waals surface area contributed by atoms with Crippen LogP contribution >= 0.6 is 0 Å². The van der Waals surface area contributed by atoms with Crippen LogP contribution in [0.15, 0.2) is 42.6 Å². The second-order valence-electron chi connectivity index (χ2n) is 15.9. The molecule has 0 bridgehead atoms. The molecule has 3 fully saturated rings. The van der Waals surface area contributed by atoms with Gasteiger partial charge in [0.05, 0.1) is 42.4 Å². The molecule has 18 nitrogen and oxygen atoms in total. The Kier molecular flexibility index (Phi) is 10.6. The van der Waals surface area contributed by atoms with Gasteiger partial charge in [-0.25, -0.2) is 9.99 Å². The second-order valence-corrected chi connectivity index (χ2v) is 15.9.